The van der Waals surface area contributed by atoms with E-state index >= 15 is 0 Å². The lowest BCUT2D eigenvalue weighted by atomic mass is 10.1. The molecule has 0 fully saturated rings. The zero-order valence-electron chi connectivity index (χ0n) is 11.9. The van der Waals surface area contributed by atoms with Crippen LogP contribution in [-0.4, -0.2) is 12.6 Å². The molecule has 120 valence electrons. The number of hydrogen-bond donors (Lipinski definition) is 2. The first-order valence-electron chi connectivity index (χ1n) is 6.20. The molecule has 0 spiro atoms. The van der Waals surface area contributed by atoms with Crippen molar-refractivity contribution in [3.05, 3.63) is 71.8 Å². The van der Waals surface area contributed by atoms with Gasteiger partial charge in [0.25, 0.3) is 0 Å². The molecule has 0 aliphatic heterocycles. The largest absolute Gasteiger partial charge is 0.318 e. The highest BCUT2D eigenvalue weighted by molar-refractivity contribution is 5.85. The first-order valence-corrected chi connectivity index (χ1v) is 6.20. The van der Waals surface area contributed by atoms with Crippen molar-refractivity contribution in [3.8, 4) is 0 Å². The number of aldehydes is 2. The molecule has 4 nitrogen and oxygen atoms in total. The predicted molar refractivity (Wildman–Crippen MR) is 93.4 cm³/mol. The fourth-order valence-corrected chi connectivity index (χ4v) is 1.51. The van der Waals surface area contributed by atoms with E-state index in [0.29, 0.717) is 0 Å². The SMILES string of the molecule is Cl.Cl.NC(C=O)c1ccccc1.NC(C=O)c1ccccc1. The minimum atomic E-state index is -0.471. The van der Waals surface area contributed by atoms with E-state index < -0.39 is 12.1 Å². The first-order chi connectivity index (χ1) is 9.69. The third kappa shape index (κ3) is 7.90. The van der Waals surface area contributed by atoms with E-state index in [1.54, 1.807) is 0 Å². The summed E-state index contributed by atoms with van der Waals surface area (Å²) >= 11 is 0. The van der Waals surface area contributed by atoms with Crippen molar-refractivity contribution in [2.24, 2.45) is 11.5 Å². The molecule has 2 unspecified atom stereocenters. The predicted octanol–water partition coefficient (Wildman–Crippen LogP) is 2.61. The van der Waals surface area contributed by atoms with Gasteiger partial charge in [-0.3, -0.25) is 0 Å². The number of hydrogen-bond acceptors (Lipinski definition) is 4. The molecule has 0 heterocycles. The van der Waals surface area contributed by atoms with Crippen molar-refractivity contribution < 1.29 is 9.59 Å². The molecular formula is C16H20Cl2N2O2. The maximum Gasteiger partial charge on any atom is 0.141 e. The number of nitrogens with two attached hydrogens (primary N) is 2. The van der Waals surface area contributed by atoms with Gasteiger partial charge in [0.1, 0.15) is 12.6 Å². The van der Waals surface area contributed by atoms with Gasteiger partial charge >= 0.3 is 0 Å². The topological polar surface area (TPSA) is 86.2 Å². The molecule has 6 heteroatoms. The average Bonchev–Trinajstić information content (AvgIpc) is 2.55. The van der Waals surface area contributed by atoms with E-state index in [9.17, 15) is 9.59 Å². The van der Waals surface area contributed by atoms with Crippen LogP contribution in [0.5, 0.6) is 0 Å². The lowest BCUT2D eigenvalue weighted by Gasteiger charge is -2.00. The van der Waals surface area contributed by atoms with Crippen LogP contribution >= 0.6 is 24.8 Å². The highest BCUT2D eigenvalue weighted by Gasteiger charge is 2.00. The molecule has 2 rings (SSSR count). The second kappa shape index (κ2) is 13.0. The van der Waals surface area contributed by atoms with Gasteiger partial charge in [-0.2, -0.15) is 0 Å². The molecule has 2 atom stereocenters. The van der Waals surface area contributed by atoms with Crippen LogP contribution in [-0.2, 0) is 9.59 Å². The van der Waals surface area contributed by atoms with Gasteiger partial charge in [0, 0.05) is 0 Å². The van der Waals surface area contributed by atoms with E-state index in [4.69, 9.17) is 11.5 Å². The van der Waals surface area contributed by atoms with Crippen LogP contribution in [0.3, 0.4) is 0 Å². The Hall–Kier alpha value is -1.72. The highest BCUT2D eigenvalue weighted by Crippen LogP contribution is 2.06. The summed E-state index contributed by atoms with van der Waals surface area (Å²) in [5, 5.41) is 0. The van der Waals surface area contributed by atoms with E-state index in [-0.39, 0.29) is 24.8 Å². The maximum atomic E-state index is 10.2. The molecule has 0 amide bonds. The third-order valence-corrected chi connectivity index (χ3v) is 2.66. The summed E-state index contributed by atoms with van der Waals surface area (Å²) in [5.74, 6) is 0. The molecule has 0 saturated carbocycles. The molecule has 0 saturated heterocycles. The maximum absolute atomic E-state index is 10.2. The quantitative estimate of drug-likeness (QED) is 0.836. The number of halogens is 2. The number of carbonyl (C=O) groups excluding carboxylic acids is 2. The van der Waals surface area contributed by atoms with Crippen molar-refractivity contribution >= 4 is 37.4 Å². The van der Waals surface area contributed by atoms with Crippen LogP contribution in [0.4, 0.5) is 0 Å². The molecule has 0 radical (unpaired) electrons. The highest BCUT2D eigenvalue weighted by atomic mass is 35.5. The summed E-state index contributed by atoms with van der Waals surface area (Å²) in [6.07, 6.45) is 1.46. The Balaban J connectivity index is 0. The van der Waals surface area contributed by atoms with Gasteiger partial charge < -0.3 is 21.1 Å². The molecule has 2 aromatic carbocycles. The van der Waals surface area contributed by atoms with Crippen molar-refractivity contribution in [2.75, 3.05) is 0 Å². The minimum Gasteiger partial charge on any atom is -0.318 e. The van der Waals surface area contributed by atoms with Crippen molar-refractivity contribution in [1.82, 2.24) is 0 Å². The fraction of sp³-hybridized carbons (Fsp3) is 0.125. The summed E-state index contributed by atoms with van der Waals surface area (Å²) in [4.78, 5) is 20.4. The Morgan fingerprint density at radius 2 is 0.909 bits per heavy atom. The van der Waals surface area contributed by atoms with Crippen molar-refractivity contribution in [3.63, 3.8) is 0 Å². The summed E-state index contributed by atoms with van der Waals surface area (Å²) in [6.45, 7) is 0. The van der Waals surface area contributed by atoms with Crippen LogP contribution in [0.25, 0.3) is 0 Å². The molecular weight excluding hydrogens is 323 g/mol. The fourth-order valence-electron chi connectivity index (χ4n) is 1.51. The van der Waals surface area contributed by atoms with Crippen LogP contribution in [0, 0.1) is 0 Å². The van der Waals surface area contributed by atoms with Gasteiger partial charge in [-0.25, -0.2) is 0 Å². The summed E-state index contributed by atoms with van der Waals surface area (Å²) in [6, 6.07) is 17.6. The number of carbonyl (C=O) groups is 2. The van der Waals surface area contributed by atoms with Gasteiger partial charge in [0.05, 0.1) is 12.1 Å². The van der Waals surface area contributed by atoms with Crippen LogP contribution in [0.15, 0.2) is 60.7 Å². The smallest absolute Gasteiger partial charge is 0.141 e. The van der Waals surface area contributed by atoms with Crippen LogP contribution in [0.2, 0.25) is 0 Å². The number of benzene rings is 2. The second-order valence-corrected chi connectivity index (χ2v) is 4.15. The Bertz CT molecular complexity index is 475. The van der Waals surface area contributed by atoms with Crippen molar-refractivity contribution in [2.45, 2.75) is 12.1 Å². The molecule has 0 aromatic heterocycles. The van der Waals surface area contributed by atoms with E-state index in [1.807, 2.05) is 60.7 Å². The zero-order valence-corrected chi connectivity index (χ0v) is 13.5. The molecule has 0 bridgehead atoms. The monoisotopic (exact) mass is 342 g/mol. The summed E-state index contributed by atoms with van der Waals surface area (Å²) in [5.41, 5.74) is 12.6. The van der Waals surface area contributed by atoms with Gasteiger partial charge in [0.15, 0.2) is 0 Å². The Labute approximate surface area is 142 Å². The van der Waals surface area contributed by atoms with Gasteiger partial charge in [-0.1, -0.05) is 60.7 Å². The molecule has 0 aliphatic rings. The molecule has 22 heavy (non-hydrogen) atoms. The van der Waals surface area contributed by atoms with Gasteiger partial charge in [-0.15, -0.1) is 24.8 Å². The Morgan fingerprint density at radius 1 is 0.636 bits per heavy atom. The average molecular weight is 343 g/mol. The van der Waals surface area contributed by atoms with E-state index in [2.05, 4.69) is 0 Å². The standard InChI is InChI=1S/2C8H9NO.2ClH/c2*9-8(6-10)7-4-2-1-3-5-7;;/h2*1-6,8H,9H2;2*1H. The number of rotatable bonds is 4. The van der Waals surface area contributed by atoms with E-state index in [1.165, 1.54) is 0 Å². The molecule has 0 aliphatic carbocycles. The van der Waals surface area contributed by atoms with Crippen LogP contribution < -0.4 is 11.5 Å². The van der Waals surface area contributed by atoms with E-state index in [0.717, 1.165) is 23.7 Å². The molecule has 2 aromatic rings. The first kappa shape index (κ1) is 22.6. The normalized spacial score (nSPS) is 11.4. The lowest BCUT2D eigenvalue weighted by Crippen LogP contribution is -2.10. The Kier molecular flexibility index (Phi) is 13.3. The van der Waals surface area contributed by atoms with Gasteiger partial charge in [0.2, 0.25) is 0 Å². The third-order valence-electron chi connectivity index (χ3n) is 2.66. The van der Waals surface area contributed by atoms with Crippen LogP contribution in [0.1, 0.15) is 23.2 Å². The molecule has 4 N–H and O–H groups in total. The summed E-state index contributed by atoms with van der Waals surface area (Å²) < 4.78 is 0. The minimum absolute atomic E-state index is 0. The summed E-state index contributed by atoms with van der Waals surface area (Å²) in [7, 11) is 0. The lowest BCUT2D eigenvalue weighted by molar-refractivity contribution is -0.109. The van der Waals surface area contributed by atoms with Crippen molar-refractivity contribution in [1.29, 1.82) is 0 Å². The second-order valence-electron chi connectivity index (χ2n) is 4.15. The zero-order chi connectivity index (χ0) is 14.8. The Morgan fingerprint density at radius 3 is 1.14 bits per heavy atom. The van der Waals surface area contributed by atoms with Gasteiger partial charge in [-0.05, 0) is 11.1 Å².